The molecule has 0 fully saturated rings. The molecular weight excluding hydrogens is 416 g/mol. The quantitative estimate of drug-likeness (QED) is 0.551. The zero-order chi connectivity index (χ0) is 21.1. The molecule has 5 nitrogen and oxygen atoms in total. The Bertz CT molecular complexity index is 1050. The van der Waals surface area contributed by atoms with E-state index in [1.807, 2.05) is 6.26 Å². The van der Waals surface area contributed by atoms with Crippen LogP contribution in [0.2, 0.25) is 0 Å². The van der Waals surface area contributed by atoms with Crippen molar-refractivity contribution in [1.29, 1.82) is 0 Å². The molecule has 9 heteroatoms. The van der Waals surface area contributed by atoms with Gasteiger partial charge in [-0.25, -0.2) is 13.8 Å². The zero-order valence-corrected chi connectivity index (χ0v) is 17.6. The minimum Gasteiger partial charge on any atom is -0.340 e. The number of amides is 2. The topological polar surface area (TPSA) is 71.1 Å². The summed E-state index contributed by atoms with van der Waals surface area (Å²) in [5.74, 6) is -3.71. The summed E-state index contributed by atoms with van der Waals surface area (Å²) >= 11 is 3.05. The number of hydrogen-bond acceptors (Lipinski definition) is 5. The van der Waals surface area contributed by atoms with Gasteiger partial charge in [-0.3, -0.25) is 9.59 Å². The lowest BCUT2D eigenvalue weighted by molar-refractivity contribution is -0.118. The maximum Gasteiger partial charge on any atom is 0.257 e. The Kier molecular flexibility index (Phi) is 6.49. The van der Waals surface area contributed by atoms with Crippen molar-refractivity contribution in [1.82, 2.24) is 10.3 Å². The first-order valence-corrected chi connectivity index (χ1v) is 10.8. The number of anilines is 1. The van der Waals surface area contributed by atoms with Crippen molar-refractivity contribution in [2.45, 2.75) is 24.2 Å². The largest absolute Gasteiger partial charge is 0.340 e. The van der Waals surface area contributed by atoms with E-state index in [2.05, 4.69) is 15.6 Å². The van der Waals surface area contributed by atoms with Crippen LogP contribution in [-0.4, -0.2) is 29.1 Å². The molecule has 0 radical (unpaired) electrons. The van der Waals surface area contributed by atoms with Crippen LogP contribution in [0.25, 0.3) is 10.2 Å². The summed E-state index contributed by atoms with van der Waals surface area (Å²) in [7, 11) is 0. The van der Waals surface area contributed by atoms with Gasteiger partial charge in [0.1, 0.15) is 23.2 Å². The van der Waals surface area contributed by atoms with Crippen molar-refractivity contribution >= 4 is 50.8 Å². The van der Waals surface area contributed by atoms with E-state index in [1.165, 1.54) is 17.4 Å². The summed E-state index contributed by atoms with van der Waals surface area (Å²) in [6.45, 7) is 3.47. The average Bonchev–Trinajstić information content (AvgIpc) is 3.08. The van der Waals surface area contributed by atoms with E-state index in [0.29, 0.717) is 5.69 Å². The maximum atomic E-state index is 13.9. The van der Waals surface area contributed by atoms with Crippen molar-refractivity contribution in [3.05, 3.63) is 53.6 Å². The summed E-state index contributed by atoms with van der Waals surface area (Å²) in [6.07, 6.45) is 1.94. The van der Waals surface area contributed by atoms with E-state index in [1.54, 1.807) is 43.8 Å². The molecule has 152 valence electrons. The first-order valence-electron chi connectivity index (χ1n) is 8.80. The number of aromatic nitrogens is 1. The summed E-state index contributed by atoms with van der Waals surface area (Å²) in [4.78, 5) is 29.6. The molecule has 0 bridgehead atoms. The fourth-order valence-corrected chi connectivity index (χ4v) is 4.28. The summed E-state index contributed by atoms with van der Waals surface area (Å²) in [6, 6.07) is 7.52. The highest BCUT2D eigenvalue weighted by Gasteiger charge is 2.27. The predicted molar refractivity (Wildman–Crippen MR) is 112 cm³/mol. The Morgan fingerprint density at radius 2 is 1.83 bits per heavy atom. The van der Waals surface area contributed by atoms with Gasteiger partial charge < -0.3 is 10.6 Å². The highest BCUT2D eigenvalue weighted by Crippen LogP contribution is 2.30. The maximum absolute atomic E-state index is 13.9. The number of nitrogens with one attached hydrogen (secondary N) is 2. The number of thioether (sulfide) groups is 1. The predicted octanol–water partition coefficient (Wildman–Crippen LogP) is 4.69. The van der Waals surface area contributed by atoms with Gasteiger partial charge >= 0.3 is 0 Å². The van der Waals surface area contributed by atoms with Crippen molar-refractivity contribution in [2.75, 3.05) is 11.6 Å². The molecule has 1 aromatic heterocycles. The Hall–Kier alpha value is -2.52. The number of halogens is 2. The number of fused-ring (bicyclic) bond motifs is 1. The van der Waals surface area contributed by atoms with Gasteiger partial charge in [0, 0.05) is 5.69 Å². The molecule has 3 rings (SSSR count). The van der Waals surface area contributed by atoms with E-state index in [0.717, 1.165) is 26.7 Å². The van der Waals surface area contributed by atoms with E-state index < -0.39 is 35.1 Å². The van der Waals surface area contributed by atoms with Crippen molar-refractivity contribution in [3.8, 4) is 0 Å². The summed E-state index contributed by atoms with van der Waals surface area (Å²) < 4.78 is 29.6. The van der Waals surface area contributed by atoms with Crippen molar-refractivity contribution < 1.29 is 18.4 Å². The second kappa shape index (κ2) is 8.87. The highest BCUT2D eigenvalue weighted by atomic mass is 32.2. The average molecular weight is 436 g/mol. The molecule has 0 saturated carbocycles. The normalized spacial score (nSPS) is 12.2. The Labute approximate surface area is 174 Å². The standard InChI is InChI=1S/C20H19F2N3O2S2/c1-10(2)17(25-18(26)16-12(21)5-4-6-13(16)22)19(27)23-11-7-8-14-15(9-11)29-20(24-14)28-3/h4-10,17H,1-3H3,(H,23,27)(H,25,26)/t17-/m0/s1. The Balaban J connectivity index is 1.78. The molecule has 3 aromatic rings. The first kappa shape index (κ1) is 21.2. The van der Waals surface area contributed by atoms with Gasteiger partial charge in [0.25, 0.3) is 5.91 Å². The molecule has 1 heterocycles. The van der Waals surface area contributed by atoms with E-state index >= 15 is 0 Å². The molecule has 0 spiro atoms. The number of carbonyl (C=O) groups excluding carboxylic acids is 2. The fraction of sp³-hybridized carbons (Fsp3) is 0.250. The number of hydrogen-bond donors (Lipinski definition) is 2. The van der Waals surface area contributed by atoms with Crippen LogP contribution >= 0.6 is 23.1 Å². The second-order valence-corrected chi connectivity index (χ2v) is 8.73. The van der Waals surface area contributed by atoms with Crippen LogP contribution in [0.5, 0.6) is 0 Å². The third kappa shape index (κ3) is 4.73. The number of thiazole rings is 1. The molecule has 2 N–H and O–H groups in total. The molecule has 0 aliphatic rings. The monoisotopic (exact) mass is 435 g/mol. The number of nitrogens with zero attached hydrogens (tertiary/aromatic N) is 1. The van der Waals surface area contributed by atoms with Gasteiger partial charge in [-0.15, -0.1) is 11.3 Å². The molecule has 2 aromatic carbocycles. The zero-order valence-electron chi connectivity index (χ0n) is 16.0. The Morgan fingerprint density at radius 1 is 1.14 bits per heavy atom. The molecule has 29 heavy (non-hydrogen) atoms. The molecule has 0 saturated heterocycles. The smallest absolute Gasteiger partial charge is 0.257 e. The van der Waals surface area contributed by atoms with Gasteiger partial charge in [-0.05, 0) is 42.5 Å². The summed E-state index contributed by atoms with van der Waals surface area (Å²) in [5.41, 5.74) is 0.679. The number of carbonyl (C=O) groups is 2. The molecule has 0 aliphatic carbocycles. The lowest BCUT2D eigenvalue weighted by Crippen LogP contribution is -2.47. The third-order valence-corrected chi connectivity index (χ3v) is 6.24. The molecule has 0 aliphatic heterocycles. The van der Waals surface area contributed by atoms with Crippen molar-refractivity contribution in [2.24, 2.45) is 5.92 Å². The SMILES string of the molecule is CSc1nc2ccc(NC(=O)[C@@H](NC(=O)c3c(F)cccc3F)C(C)C)cc2s1. The lowest BCUT2D eigenvalue weighted by Gasteiger charge is -2.22. The van der Waals surface area contributed by atoms with Crippen LogP contribution in [0, 0.1) is 17.6 Å². The molecule has 0 unspecified atom stereocenters. The van der Waals surface area contributed by atoms with Crippen LogP contribution in [0.1, 0.15) is 24.2 Å². The summed E-state index contributed by atoms with van der Waals surface area (Å²) in [5, 5.41) is 5.20. The highest BCUT2D eigenvalue weighted by molar-refractivity contribution is 8.00. The van der Waals surface area contributed by atoms with Crippen LogP contribution in [0.3, 0.4) is 0 Å². The molecule has 2 amide bonds. The van der Waals surface area contributed by atoms with Crippen LogP contribution in [-0.2, 0) is 4.79 Å². The minimum atomic E-state index is -0.981. The number of rotatable bonds is 6. The van der Waals surface area contributed by atoms with Gasteiger partial charge in [-0.1, -0.05) is 31.7 Å². The Morgan fingerprint density at radius 3 is 2.45 bits per heavy atom. The fourth-order valence-electron chi connectivity index (χ4n) is 2.75. The molecule has 1 atom stereocenters. The van der Waals surface area contributed by atoms with Crippen LogP contribution in [0.4, 0.5) is 14.5 Å². The van der Waals surface area contributed by atoms with E-state index in [-0.39, 0.29) is 5.92 Å². The van der Waals surface area contributed by atoms with Gasteiger partial charge in [0.2, 0.25) is 5.91 Å². The van der Waals surface area contributed by atoms with Crippen molar-refractivity contribution in [3.63, 3.8) is 0 Å². The van der Waals surface area contributed by atoms with E-state index in [4.69, 9.17) is 0 Å². The van der Waals surface area contributed by atoms with E-state index in [9.17, 15) is 18.4 Å². The minimum absolute atomic E-state index is 0.302. The van der Waals surface area contributed by atoms with Crippen LogP contribution < -0.4 is 10.6 Å². The van der Waals surface area contributed by atoms with Gasteiger partial charge in [0.05, 0.1) is 10.2 Å². The number of benzene rings is 2. The lowest BCUT2D eigenvalue weighted by atomic mass is 10.0. The van der Waals surface area contributed by atoms with Gasteiger partial charge in [-0.2, -0.15) is 0 Å². The van der Waals surface area contributed by atoms with Gasteiger partial charge in [0.15, 0.2) is 4.34 Å². The first-order chi connectivity index (χ1) is 13.8. The van der Waals surface area contributed by atoms with Crippen LogP contribution in [0.15, 0.2) is 40.7 Å². The third-order valence-electron chi connectivity index (χ3n) is 4.24. The second-order valence-electron chi connectivity index (χ2n) is 6.65. The molecular formula is C20H19F2N3O2S2.